The normalized spacial score (nSPS) is 14.4. The third-order valence-electron chi connectivity index (χ3n) is 4.63. The lowest BCUT2D eigenvalue weighted by Crippen LogP contribution is -2.48. The highest BCUT2D eigenvalue weighted by molar-refractivity contribution is 7.89. The highest BCUT2D eigenvalue weighted by Gasteiger charge is 2.24. The van der Waals surface area contributed by atoms with Crippen molar-refractivity contribution in [1.82, 2.24) is 19.5 Å². The van der Waals surface area contributed by atoms with Crippen molar-refractivity contribution in [2.45, 2.75) is 4.90 Å². The molecule has 1 aliphatic rings. The van der Waals surface area contributed by atoms with Crippen LogP contribution in [0.25, 0.3) is 0 Å². The van der Waals surface area contributed by atoms with Gasteiger partial charge < -0.3 is 20.9 Å². The van der Waals surface area contributed by atoms with Gasteiger partial charge in [0, 0.05) is 46.5 Å². The number of nitrogens with zero attached hydrogens (tertiary/aromatic N) is 3. The Morgan fingerprint density at radius 2 is 1.84 bits per heavy atom. The van der Waals surface area contributed by atoms with Crippen LogP contribution in [-0.2, 0) is 10.0 Å². The monoisotopic (exact) mass is 466 g/mol. The molecule has 1 aromatic heterocycles. The second-order valence-corrected chi connectivity index (χ2v) is 9.57. The third kappa shape index (κ3) is 5.50. The van der Waals surface area contributed by atoms with Gasteiger partial charge in [0.05, 0.1) is 21.2 Å². The van der Waals surface area contributed by atoms with E-state index in [2.05, 4.69) is 20.9 Å². The van der Waals surface area contributed by atoms with E-state index in [1.807, 2.05) is 0 Å². The Kier molecular flexibility index (Phi) is 7.11. The number of aromatic nitrogens is 1. The number of anilines is 2. The van der Waals surface area contributed by atoms with Gasteiger partial charge in [0.2, 0.25) is 10.0 Å². The molecule has 1 aliphatic heterocycles. The molecule has 166 valence electrons. The van der Waals surface area contributed by atoms with Crippen LogP contribution in [0.2, 0.25) is 5.02 Å². The summed E-state index contributed by atoms with van der Waals surface area (Å²) >= 11 is 5.82. The van der Waals surface area contributed by atoms with E-state index in [4.69, 9.17) is 11.6 Å². The second kappa shape index (κ2) is 9.60. The van der Waals surface area contributed by atoms with Crippen molar-refractivity contribution in [2.75, 3.05) is 50.9 Å². The highest BCUT2D eigenvalue weighted by Crippen LogP contribution is 2.24. The number of hydrogen-bond donors (Lipinski definition) is 3. The Morgan fingerprint density at radius 1 is 1.13 bits per heavy atom. The van der Waals surface area contributed by atoms with Gasteiger partial charge in [0.15, 0.2) is 0 Å². The fourth-order valence-electron chi connectivity index (χ4n) is 2.89. The van der Waals surface area contributed by atoms with Gasteiger partial charge >= 0.3 is 6.03 Å². The van der Waals surface area contributed by atoms with Crippen LogP contribution in [0.3, 0.4) is 0 Å². The minimum absolute atomic E-state index is 0.0110. The summed E-state index contributed by atoms with van der Waals surface area (Å²) in [5, 5.41) is 8.87. The number of sulfonamides is 1. The number of amides is 3. The van der Waals surface area contributed by atoms with Crippen LogP contribution in [0.1, 0.15) is 10.4 Å². The van der Waals surface area contributed by atoms with Gasteiger partial charge in [0.1, 0.15) is 5.82 Å². The van der Waals surface area contributed by atoms with Gasteiger partial charge in [0.25, 0.3) is 5.91 Å². The van der Waals surface area contributed by atoms with Crippen LogP contribution in [0.5, 0.6) is 0 Å². The maximum absolute atomic E-state index is 13.0. The summed E-state index contributed by atoms with van der Waals surface area (Å²) in [4.78, 5) is 31.1. The maximum Gasteiger partial charge on any atom is 0.321 e. The summed E-state index contributed by atoms with van der Waals surface area (Å²) in [6.45, 7) is 2.39. The molecule has 1 saturated heterocycles. The molecule has 0 spiro atoms. The average molecular weight is 467 g/mol. The Hall–Kier alpha value is -2.73. The van der Waals surface area contributed by atoms with Crippen molar-refractivity contribution in [3.63, 3.8) is 0 Å². The molecule has 1 fully saturated rings. The van der Waals surface area contributed by atoms with E-state index >= 15 is 0 Å². The smallest absolute Gasteiger partial charge is 0.321 e. The van der Waals surface area contributed by atoms with E-state index in [0.29, 0.717) is 31.2 Å². The first-order valence-electron chi connectivity index (χ1n) is 9.44. The number of piperazine rings is 1. The summed E-state index contributed by atoms with van der Waals surface area (Å²) in [5.74, 6) is -0.393. The van der Waals surface area contributed by atoms with Crippen LogP contribution in [0.4, 0.5) is 16.3 Å². The van der Waals surface area contributed by atoms with Crippen molar-refractivity contribution in [3.05, 3.63) is 47.1 Å². The fraction of sp³-hybridized carbons (Fsp3) is 0.316. The molecule has 0 aliphatic carbocycles. The molecule has 12 heteroatoms. The van der Waals surface area contributed by atoms with Gasteiger partial charge in [-0.2, -0.15) is 0 Å². The molecule has 0 unspecified atom stereocenters. The first-order chi connectivity index (χ1) is 14.7. The van der Waals surface area contributed by atoms with E-state index in [9.17, 15) is 18.0 Å². The van der Waals surface area contributed by atoms with Crippen molar-refractivity contribution < 1.29 is 18.0 Å². The number of carbonyl (C=O) groups is 2. The summed E-state index contributed by atoms with van der Waals surface area (Å²) in [5.41, 5.74) is 0.177. The lowest BCUT2D eigenvalue weighted by Gasteiger charge is -2.28. The topological polar surface area (TPSA) is 124 Å². The molecule has 3 rings (SSSR count). The Labute approximate surface area is 185 Å². The lowest BCUT2D eigenvalue weighted by molar-refractivity contribution is 0.102. The van der Waals surface area contributed by atoms with Crippen LogP contribution >= 0.6 is 11.6 Å². The SMILES string of the molecule is CN(C)S(=O)(=O)c1ccc(NC(=O)N2CCNCC2)c(C(=O)Nc2ccc(Cl)cn2)c1. The quantitative estimate of drug-likeness (QED) is 0.615. The zero-order valence-electron chi connectivity index (χ0n) is 17.1. The Morgan fingerprint density at radius 3 is 2.45 bits per heavy atom. The van der Waals surface area contributed by atoms with Crippen LogP contribution < -0.4 is 16.0 Å². The molecule has 0 saturated carbocycles. The minimum Gasteiger partial charge on any atom is -0.322 e. The molecule has 2 aromatic rings. The summed E-state index contributed by atoms with van der Waals surface area (Å²) in [6.07, 6.45) is 1.37. The molecule has 0 atom stereocenters. The van der Waals surface area contributed by atoms with E-state index in [0.717, 1.165) is 4.31 Å². The Bertz CT molecular complexity index is 1070. The Balaban J connectivity index is 1.94. The standard InChI is InChI=1S/C19H23ClN6O4S/c1-25(2)31(29,30)14-4-5-16(23-19(28)26-9-7-21-8-10-26)15(11-14)18(27)24-17-6-3-13(20)12-22-17/h3-6,11-12,21H,7-10H2,1-2H3,(H,23,28)(H,22,24,27). The molecule has 0 radical (unpaired) electrons. The lowest BCUT2D eigenvalue weighted by atomic mass is 10.1. The number of urea groups is 1. The summed E-state index contributed by atoms with van der Waals surface area (Å²) in [6, 6.07) is 6.68. The van der Waals surface area contributed by atoms with E-state index in [-0.39, 0.29) is 28.0 Å². The summed E-state index contributed by atoms with van der Waals surface area (Å²) in [7, 11) is -0.997. The van der Waals surface area contributed by atoms with Gasteiger partial charge in [-0.05, 0) is 30.3 Å². The number of nitrogens with one attached hydrogen (secondary N) is 3. The molecule has 3 amide bonds. The molecule has 10 nitrogen and oxygen atoms in total. The highest BCUT2D eigenvalue weighted by atomic mass is 35.5. The van der Waals surface area contributed by atoms with Crippen LogP contribution in [0, 0.1) is 0 Å². The minimum atomic E-state index is -3.79. The predicted molar refractivity (Wildman–Crippen MR) is 118 cm³/mol. The molecular formula is C19H23ClN6O4S. The van der Waals surface area contributed by atoms with E-state index < -0.39 is 15.9 Å². The van der Waals surface area contributed by atoms with Crippen LogP contribution in [-0.4, -0.2) is 74.8 Å². The largest absolute Gasteiger partial charge is 0.322 e. The van der Waals surface area contributed by atoms with Crippen molar-refractivity contribution in [2.24, 2.45) is 0 Å². The molecule has 2 heterocycles. The first-order valence-corrected chi connectivity index (χ1v) is 11.3. The molecule has 0 bridgehead atoms. The average Bonchev–Trinajstić information content (AvgIpc) is 2.76. The van der Waals surface area contributed by atoms with Crippen molar-refractivity contribution in [1.29, 1.82) is 0 Å². The number of rotatable bonds is 5. The zero-order valence-corrected chi connectivity index (χ0v) is 18.6. The molecular weight excluding hydrogens is 444 g/mol. The van der Waals surface area contributed by atoms with E-state index in [1.165, 1.54) is 44.6 Å². The molecule has 3 N–H and O–H groups in total. The van der Waals surface area contributed by atoms with Gasteiger partial charge in [-0.3, -0.25) is 4.79 Å². The van der Waals surface area contributed by atoms with Gasteiger partial charge in [-0.25, -0.2) is 22.5 Å². The molecule has 31 heavy (non-hydrogen) atoms. The number of carbonyl (C=O) groups excluding carboxylic acids is 2. The second-order valence-electron chi connectivity index (χ2n) is 6.98. The number of halogens is 1. The van der Waals surface area contributed by atoms with Gasteiger partial charge in [-0.15, -0.1) is 0 Å². The van der Waals surface area contributed by atoms with Crippen LogP contribution in [0.15, 0.2) is 41.4 Å². The zero-order chi connectivity index (χ0) is 22.6. The van der Waals surface area contributed by atoms with Gasteiger partial charge in [-0.1, -0.05) is 11.6 Å². The number of hydrogen-bond acceptors (Lipinski definition) is 6. The molecule has 1 aromatic carbocycles. The third-order valence-corrected chi connectivity index (χ3v) is 6.66. The fourth-order valence-corrected chi connectivity index (χ4v) is 3.93. The summed E-state index contributed by atoms with van der Waals surface area (Å²) < 4.78 is 26.1. The first kappa shape index (κ1) is 22.9. The predicted octanol–water partition coefficient (Wildman–Crippen LogP) is 1.67. The number of pyridine rings is 1. The maximum atomic E-state index is 13.0. The van der Waals surface area contributed by atoms with Crippen molar-refractivity contribution >= 4 is 45.1 Å². The van der Waals surface area contributed by atoms with Crippen molar-refractivity contribution in [3.8, 4) is 0 Å². The van der Waals surface area contributed by atoms with E-state index in [1.54, 1.807) is 11.0 Å². The number of benzene rings is 1.